The highest BCUT2D eigenvalue weighted by Gasteiger charge is 2.03. The van der Waals surface area contributed by atoms with E-state index in [-0.39, 0.29) is 0 Å². The van der Waals surface area contributed by atoms with Gasteiger partial charge in [0.05, 0.1) is 21.4 Å². The van der Waals surface area contributed by atoms with Crippen LogP contribution in [0.25, 0.3) is 20.9 Å². The largest absolute Gasteiger partial charge is 0.0838 e. The molecule has 0 N–H and O–H groups in total. The lowest BCUT2D eigenvalue weighted by Crippen LogP contribution is -1.90. The minimum Gasteiger partial charge on any atom is -0.0838 e. The summed E-state index contributed by atoms with van der Waals surface area (Å²) >= 11 is 12.1. The van der Waals surface area contributed by atoms with Gasteiger partial charge in [0.1, 0.15) is 0 Å². The summed E-state index contributed by atoms with van der Waals surface area (Å²) in [4.78, 5) is 5.45. The van der Waals surface area contributed by atoms with Crippen LogP contribution in [0.2, 0.25) is 10.0 Å². The molecule has 0 radical (unpaired) electrons. The van der Waals surface area contributed by atoms with Crippen LogP contribution in [0.1, 0.15) is 17.5 Å². The number of rotatable bonds is 6. The number of nitrogens with zero attached hydrogens (tertiary/aromatic N) is 6. The number of aryl methyl sites for hydroxylation is 2. The Balaban J connectivity index is 1.97. The van der Waals surface area contributed by atoms with Crippen molar-refractivity contribution in [2.24, 2.45) is 10.2 Å². The second-order valence-electron chi connectivity index (χ2n) is 4.80. The lowest BCUT2D eigenvalue weighted by molar-refractivity contribution is 0.821. The molecule has 8 heteroatoms. The first kappa shape index (κ1) is 17.0. The van der Waals surface area contributed by atoms with Gasteiger partial charge in [0.25, 0.3) is 0 Å². The van der Waals surface area contributed by atoms with Crippen LogP contribution in [0, 0.1) is 0 Å². The van der Waals surface area contributed by atoms with Gasteiger partial charge in [-0.2, -0.15) is 0 Å². The van der Waals surface area contributed by atoms with Crippen molar-refractivity contribution in [3.05, 3.63) is 78.5 Å². The molecular formula is C15H12Cl2N6. The third-order valence-electron chi connectivity index (χ3n) is 3.26. The van der Waals surface area contributed by atoms with Crippen molar-refractivity contribution < 1.29 is 0 Å². The first-order chi connectivity index (χ1) is 11.1. The van der Waals surface area contributed by atoms with Gasteiger partial charge in [0.2, 0.25) is 0 Å². The van der Waals surface area contributed by atoms with E-state index in [0.29, 0.717) is 21.4 Å². The minimum absolute atomic E-state index is 0.429. The summed E-state index contributed by atoms with van der Waals surface area (Å²) in [7, 11) is 0. The van der Waals surface area contributed by atoms with Crippen molar-refractivity contribution in [1.29, 1.82) is 0 Å². The van der Waals surface area contributed by atoms with Crippen molar-refractivity contribution in [1.82, 2.24) is 0 Å². The van der Waals surface area contributed by atoms with Gasteiger partial charge in [0.15, 0.2) is 0 Å². The van der Waals surface area contributed by atoms with Gasteiger partial charge in [-0.3, -0.25) is 0 Å². The molecule has 116 valence electrons. The lowest BCUT2D eigenvalue weighted by atomic mass is 10.0. The molecule has 0 saturated heterocycles. The van der Waals surface area contributed by atoms with Gasteiger partial charge >= 0.3 is 0 Å². The zero-order valence-corrected chi connectivity index (χ0v) is 13.5. The van der Waals surface area contributed by atoms with E-state index in [9.17, 15) is 0 Å². The average molecular weight is 347 g/mol. The SMILES string of the molecule is [N-]=[N+]=Nc1ccc(CCCc2ccc(N=[N+]=[N-])c(Cl)c2)cc1Cl. The first-order valence-electron chi connectivity index (χ1n) is 6.81. The normalized spacial score (nSPS) is 9.83. The van der Waals surface area contributed by atoms with E-state index in [0.717, 1.165) is 30.4 Å². The first-order valence-corrected chi connectivity index (χ1v) is 7.56. The van der Waals surface area contributed by atoms with E-state index < -0.39 is 0 Å². The Hall–Kier alpha value is -2.36. The van der Waals surface area contributed by atoms with Gasteiger partial charge in [-0.1, -0.05) is 57.7 Å². The topological polar surface area (TPSA) is 97.5 Å². The molecule has 23 heavy (non-hydrogen) atoms. The molecule has 0 heterocycles. The Bertz CT molecular complexity index is 740. The van der Waals surface area contributed by atoms with Crippen LogP contribution in [0.15, 0.2) is 46.6 Å². The maximum Gasteiger partial charge on any atom is 0.0561 e. The molecule has 6 nitrogen and oxygen atoms in total. The van der Waals surface area contributed by atoms with Crippen molar-refractivity contribution >= 4 is 34.6 Å². The lowest BCUT2D eigenvalue weighted by Gasteiger charge is -2.06. The predicted octanol–water partition coefficient (Wildman–Crippen LogP) is 7.05. The van der Waals surface area contributed by atoms with Gasteiger partial charge in [0, 0.05) is 9.82 Å². The highest BCUT2D eigenvalue weighted by Crippen LogP contribution is 2.28. The van der Waals surface area contributed by atoms with Crippen molar-refractivity contribution in [3.8, 4) is 0 Å². The molecule has 0 atom stereocenters. The van der Waals surface area contributed by atoms with Crippen molar-refractivity contribution in [2.45, 2.75) is 19.3 Å². The zero-order chi connectivity index (χ0) is 16.7. The summed E-state index contributed by atoms with van der Waals surface area (Å²) < 4.78 is 0. The van der Waals surface area contributed by atoms with E-state index in [4.69, 9.17) is 34.3 Å². The molecule has 0 aliphatic rings. The molecule has 0 bridgehead atoms. The summed E-state index contributed by atoms with van der Waals surface area (Å²) in [5.41, 5.74) is 19.8. The number of hydrogen-bond acceptors (Lipinski definition) is 2. The Morgan fingerprint density at radius 1 is 0.783 bits per heavy atom. The van der Waals surface area contributed by atoms with Crippen LogP contribution in [0.5, 0.6) is 0 Å². The number of hydrogen-bond donors (Lipinski definition) is 0. The molecule has 0 aromatic heterocycles. The molecule has 0 unspecified atom stereocenters. The molecule has 2 aromatic carbocycles. The number of halogens is 2. The molecule has 2 aromatic rings. The van der Waals surface area contributed by atoms with Crippen LogP contribution in [-0.2, 0) is 12.8 Å². The van der Waals surface area contributed by atoms with E-state index in [1.165, 1.54) is 0 Å². The average Bonchev–Trinajstić information content (AvgIpc) is 2.53. The molecule has 2 rings (SSSR count). The second-order valence-corrected chi connectivity index (χ2v) is 5.62. The standard InChI is InChI=1S/C15H12Cl2N6/c16-12-8-10(4-6-14(12)20-22-18)2-1-3-11-5-7-15(21-23-19)13(17)9-11/h4-9H,1-3H2. The van der Waals surface area contributed by atoms with Crippen molar-refractivity contribution in [3.63, 3.8) is 0 Å². The summed E-state index contributed by atoms with van der Waals surface area (Å²) in [6.45, 7) is 0. The predicted molar refractivity (Wildman–Crippen MR) is 92.5 cm³/mol. The Kier molecular flexibility index (Phi) is 6.15. The summed E-state index contributed by atoms with van der Waals surface area (Å²) in [5.74, 6) is 0. The fourth-order valence-electron chi connectivity index (χ4n) is 2.17. The number of benzene rings is 2. The third kappa shape index (κ3) is 4.81. The quantitative estimate of drug-likeness (QED) is 0.304. The minimum atomic E-state index is 0.429. The van der Waals surface area contributed by atoms with E-state index in [2.05, 4.69) is 20.1 Å². The smallest absolute Gasteiger partial charge is 0.0561 e. The maximum atomic E-state index is 8.42. The molecule has 0 spiro atoms. The summed E-state index contributed by atoms with van der Waals surface area (Å²) in [5, 5.41) is 7.91. The molecule has 0 saturated carbocycles. The van der Waals surface area contributed by atoms with Gasteiger partial charge in [-0.05, 0) is 53.6 Å². The summed E-state index contributed by atoms with van der Waals surface area (Å²) in [6.07, 6.45) is 2.59. The monoisotopic (exact) mass is 346 g/mol. The molecular weight excluding hydrogens is 335 g/mol. The van der Waals surface area contributed by atoms with Gasteiger partial charge in [-0.25, -0.2) is 0 Å². The molecule has 0 fully saturated rings. The van der Waals surface area contributed by atoms with Crippen LogP contribution in [0.4, 0.5) is 11.4 Å². The Morgan fingerprint density at radius 2 is 1.22 bits per heavy atom. The molecule has 0 amide bonds. The highest BCUT2D eigenvalue weighted by atomic mass is 35.5. The highest BCUT2D eigenvalue weighted by molar-refractivity contribution is 6.33. The van der Waals surface area contributed by atoms with Crippen molar-refractivity contribution in [2.75, 3.05) is 0 Å². The van der Waals surface area contributed by atoms with E-state index in [1.54, 1.807) is 12.1 Å². The molecule has 0 aliphatic carbocycles. The molecule has 0 aliphatic heterocycles. The Labute approximate surface area is 142 Å². The van der Waals surface area contributed by atoms with Crippen LogP contribution < -0.4 is 0 Å². The van der Waals surface area contributed by atoms with E-state index in [1.807, 2.05) is 24.3 Å². The van der Waals surface area contributed by atoms with Gasteiger partial charge < -0.3 is 0 Å². The fourth-order valence-corrected chi connectivity index (χ4v) is 2.65. The van der Waals surface area contributed by atoms with Crippen LogP contribution in [-0.4, -0.2) is 0 Å². The number of azide groups is 2. The summed E-state index contributed by atoms with van der Waals surface area (Å²) in [6, 6.07) is 10.8. The van der Waals surface area contributed by atoms with Gasteiger partial charge in [-0.15, -0.1) is 0 Å². The second kappa shape index (κ2) is 8.32. The maximum absolute atomic E-state index is 8.42. The third-order valence-corrected chi connectivity index (χ3v) is 3.87. The fraction of sp³-hybridized carbons (Fsp3) is 0.200. The Morgan fingerprint density at radius 3 is 1.57 bits per heavy atom. The zero-order valence-electron chi connectivity index (χ0n) is 12.0. The van der Waals surface area contributed by atoms with Crippen LogP contribution >= 0.6 is 23.2 Å². The van der Waals surface area contributed by atoms with E-state index >= 15 is 0 Å². The van der Waals surface area contributed by atoms with Crippen LogP contribution in [0.3, 0.4) is 0 Å².